The van der Waals surface area contributed by atoms with Gasteiger partial charge in [0.15, 0.2) is 0 Å². The fraction of sp³-hybridized carbons (Fsp3) is 0.500. The van der Waals surface area contributed by atoms with Gasteiger partial charge in [-0.25, -0.2) is 9.59 Å². The van der Waals surface area contributed by atoms with Gasteiger partial charge in [-0.15, -0.1) is 0 Å². The topological polar surface area (TPSA) is 73.9 Å². The quantitative estimate of drug-likeness (QED) is 0.706. The average Bonchev–Trinajstić information content (AvgIpc) is 2.63. The van der Waals surface area contributed by atoms with E-state index in [-0.39, 0.29) is 18.0 Å². The highest BCUT2D eigenvalue weighted by Gasteiger charge is 2.31. The number of amides is 2. The van der Waals surface area contributed by atoms with Crippen LogP contribution in [0.3, 0.4) is 0 Å². The van der Waals surface area contributed by atoms with Gasteiger partial charge in [0.2, 0.25) is 0 Å². The summed E-state index contributed by atoms with van der Waals surface area (Å²) in [5, 5.41) is 6.28. The summed E-state index contributed by atoms with van der Waals surface area (Å²) in [4.78, 5) is 28.9. The molecule has 0 spiro atoms. The Kier molecular flexibility index (Phi) is 6.93. The second kappa shape index (κ2) is 9.41. The highest BCUT2D eigenvalue weighted by molar-refractivity contribution is 6.30. The molecular formula is C20H27ClN4O3. The maximum Gasteiger partial charge on any atom is 0.337 e. The average molecular weight is 407 g/mol. The van der Waals surface area contributed by atoms with E-state index in [0.717, 1.165) is 37.7 Å². The number of ether oxygens (including phenoxy) is 1. The second-order valence-electron chi connectivity index (χ2n) is 7.12. The fourth-order valence-corrected chi connectivity index (χ4v) is 3.84. The monoisotopic (exact) mass is 406 g/mol. The minimum atomic E-state index is -0.378. The van der Waals surface area contributed by atoms with Crippen molar-refractivity contribution in [1.82, 2.24) is 20.4 Å². The van der Waals surface area contributed by atoms with Crippen molar-refractivity contribution >= 4 is 23.6 Å². The van der Waals surface area contributed by atoms with Crippen molar-refractivity contribution in [3.05, 3.63) is 46.1 Å². The van der Waals surface area contributed by atoms with E-state index in [1.807, 2.05) is 18.2 Å². The first-order chi connectivity index (χ1) is 13.5. The fourth-order valence-electron chi connectivity index (χ4n) is 3.63. The lowest BCUT2D eigenvalue weighted by atomic mass is 10.0. The summed E-state index contributed by atoms with van der Waals surface area (Å²) in [7, 11) is 0. The molecule has 0 aromatic heterocycles. The molecule has 7 nitrogen and oxygen atoms in total. The van der Waals surface area contributed by atoms with Gasteiger partial charge in [-0.3, -0.25) is 9.80 Å². The predicted octanol–water partition coefficient (Wildman–Crippen LogP) is 1.98. The number of hydrogen-bond donors (Lipinski definition) is 2. The highest BCUT2D eigenvalue weighted by atomic mass is 35.5. The van der Waals surface area contributed by atoms with Crippen molar-refractivity contribution < 1.29 is 14.3 Å². The Morgan fingerprint density at radius 2 is 1.89 bits per heavy atom. The zero-order chi connectivity index (χ0) is 20.1. The Morgan fingerprint density at radius 1 is 1.21 bits per heavy atom. The van der Waals surface area contributed by atoms with Gasteiger partial charge in [0.25, 0.3) is 0 Å². The van der Waals surface area contributed by atoms with Crippen LogP contribution in [0.1, 0.15) is 19.4 Å². The van der Waals surface area contributed by atoms with Crippen molar-refractivity contribution in [2.24, 2.45) is 0 Å². The van der Waals surface area contributed by atoms with Crippen molar-refractivity contribution in [3.8, 4) is 0 Å². The number of nitrogens with one attached hydrogen (secondary N) is 2. The molecule has 0 saturated carbocycles. The van der Waals surface area contributed by atoms with Gasteiger partial charge in [-0.2, -0.15) is 0 Å². The molecule has 2 heterocycles. The summed E-state index contributed by atoms with van der Waals surface area (Å²) in [6.45, 7) is 8.81. The predicted molar refractivity (Wildman–Crippen MR) is 108 cm³/mol. The number of benzene rings is 1. The van der Waals surface area contributed by atoms with Crippen LogP contribution in [0.25, 0.3) is 0 Å². The number of carbonyl (C=O) groups is 2. The van der Waals surface area contributed by atoms with Gasteiger partial charge in [0.05, 0.1) is 18.2 Å². The van der Waals surface area contributed by atoms with Crippen LogP contribution in [0.5, 0.6) is 0 Å². The summed E-state index contributed by atoms with van der Waals surface area (Å²) in [6, 6.07) is 7.28. The molecule has 2 aliphatic heterocycles. The Hall–Kier alpha value is -2.09. The number of hydrogen-bond acceptors (Lipinski definition) is 5. The maximum absolute atomic E-state index is 12.3. The van der Waals surface area contributed by atoms with E-state index in [0.29, 0.717) is 24.4 Å². The van der Waals surface area contributed by atoms with Crippen LogP contribution < -0.4 is 10.6 Å². The van der Waals surface area contributed by atoms with Crippen molar-refractivity contribution in [2.75, 3.05) is 39.3 Å². The number of halogens is 1. The zero-order valence-electron chi connectivity index (χ0n) is 16.3. The van der Waals surface area contributed by atoms with Gasteiger partial charge in [0.1, 0.15) is 0 Å². The second-order valence-corrected chi connectivity index (χ2v) is 7.55. The van der Waals surface area contributed by atoms with E-state index >= 15 is 0 Å². The molecule has 0 aliphatic carbocycles. The molecule has 28 heavy (non-hydrogen) atoms. The van der Waals surface area contributed by atoms with E-state index < -0.39 is 0 Å². The largest absolute Gasteiger partial charge is 0.463 e. The first-order valence-electron chi connectivity index (χ1n) is 9.63. The molecule has 1 unspecified atom stereocenters. The number of carbonyl (C=O) groups excluding carboxylic acids is 2. The molecule has 0 radical (unpaired) electrons. The van der Waals surface area contributed by atoms with Gasteiger partial charge < -0.3 is 15.4 Å². The van der Waals surface area contributed by atoms with Crippen LogP contribution >= 0.6 is 11.6 Å². The first-order valence-corrected chi connectivity index (χ1v) is 10.0. The van der Waals surface area contributed by atoms with E-state index in [9.17, 15) is 9.59 Å². The minimum Gasteiger partial charge on any atom is -0.463 e. The van der Waals surface area contributed by atoms with Gasteiger partial charge in [-0.05, 0) is 31.5 Å². The lowest BCUT2D eigenvalue weighted by Crippen LogP contribution is -2.53. The van der Waals surface area contributed by atoms with Crippen molar-refractivity contribution in [3.63, 3.8) is 0 Å². The summed E-state index contributed by atoms with van der Waals surface area (Å²) >= 11 is 6.07. The normalized spacial score (nSPS) is 21.2. The first kappa shape index (κ1) is 20.6. The van der Waals surface area contributed by atoms with Crippen LogP contribution in [0.4, 0.5) is 4.79 Å². The SMILES string of the molecule is CCOC(=O)C1=C(CN2CCN(Cc3cccc(Cl)c3)CC2)NC(=O)NC1C. The van der Waals surface area contributed by atoms with Crippen LogP contribution in [0.15, 0.2) is 35.5 Å². The molecule has 1 fully saturated rings. The molecule has 1 saturated heterocycles. The summed E-state index contributed by atoms with van der Waals surface area (Å²) in [5.74, 6) is -0.378. The third kappa shape index (κ3) is 5.25. The number of piperazine rings is 1. The van der Waals surface area contributed by atoms with Crippen molar-refractivity contribution in [1.29, 1.82) is 0 Å². The molecule has 2 N–H and O–H groups in total. The van der Waals surface area contributed by atoms with E-state index in [2.05, 4.69) is 26.5 Å². The van der Waals surface area contributed by atoms with E-state index in [4.69, 9.17) is 16.3 Å². The summed E-state index contributed by atoms with van der Waals surface area (Å²) in [5.41, 5.74) is 2.34. The maximum atomic E-state index is 12.3. The zero-order valence-corrected chi connectivity index (χ0v) is 17.1. The van der Waals surface area contributed by atoms with Crippen LogP contribution in [0, 0.1) is 0 Å². The number of nitrogens with zero attached hydrogens (tertiary/aromatic N) is 2. The lowest BCUT2D eigenvalue weighted by Gasteiger charge is -2.36. The molecule has 1 aromatic rings. The molecule has 8 heteroatoms. The molecule has 0 bridgehead atoms. The Bertz CT molecular complexity index is 760. The minimum absolute atomic E-state index is 0.282. The van der Waals surface area contributed by atoms with Crippen LogP contribution in [0.2, 0.25) is 5.02 Å². The van der Waals surface area contributed by atoms with E-state index in [1.54, 1.807) is 13.8 Å². The van der Waals surface area contributed by atoms with Crippen molar-refractivity contribution in [2.45, 2.75) is 26.4 Å². The Balaban J connectivity index is 1.61. The lowest BCUT2D eigenvalue weighted by molar-refractivity contribution is -0.139. The molecule has 1 aromatic carbocycles. The van der Waals surface area contributed by atoms with Crippen LogP contribution in [-0.4, -0.2) is 67.2 Å². The van der Waals surface area contributed by atoms with Crippen LogP contribution in [-0.2, 0) is 16.1 Å². The van der Waals surface area contributed by atoms with Gasteiger partial charge >= 0.3 is 12.0 Å². The van der Waals surface area contributed by atoms with E-state index in [1.165, 1.54) is 5.56 Å². The molecule has 3 rings (SSSR count). The smallest absolute Gasteiger partial charge is 0.337 e. The third-order valence-corrected chi connectivity index (χ3v) is 5.24. The van der Waals surface area contributed by atoms with Gasteiger partial charge in [0, 0.05) is 50.0 Å². The molecule has 152 valence electrons. The highest BCUT2D eigenvalue weighted by Crippen LogP contribution is 2.17. The summed E-state index contributed by atoms with van der Waals surface area (Å²) in [6.07, 6.45) is 0. The Labute approximate surface area is 170 Å². The summed E-state index contributed by atoms with van der Waals surface area (Å²) < 4.78 is 5.17. The number of urea groups is 1. The molecule has 2 amide bonds. The third-order valence-electron chi connectivity index (χ3n) is 5.01. The standard InChI is InChI=1S/C20H27ClN4O3/c1-3-28-19(26)18-14(2)22-20(27)23-17(18)13-25-9-7-24(8-10-25)12-15-5-4-6-16(21)11-15/h4-6,11,14H,3,7-10,12-13H2,1-2H3,(H2,22,23,27). The number of esters is 1. The van der Waals surface area contributed by atoms with Gasteiger partial charge in [-0.1, -0.05) is 23.7 Å². The Morgan fingerprint density at radius 3 is 2.54 bits per heavy atom. The number of rotatable bonds is 6. The molecule has 1 atom stereocenters. The molecular weight excluding hydrogens is 380 g/mol. The molecule has 2 aliphatic rings.